The number of carboxylic acids is 1. The van der Waals surface area contributed by atoms with E-state index in [0.29, 0.717) is 13.2 Å². The van der Waals surface area contributed by atoms with E-state index in [2.05, 4.69) is 10.3 Å². The number of carbonyl (C=O) groups excluding carboxylic acids is 1. The summed E-state index contributed by atoms with van der Waals surface area (Å²) in [6.45, 7) is 2.94. The van der Waals surface area contributed by atoms with E-state index in [1.54, 1.807) is 35.7 Å². The zero-order valence-corrected chi connectivity index (χ0v) is 22.1. The molecular formula is C23H34N2O9S2. The maximum absolute atomic E-state index is 12.7. The minimum atomic E-state index is -1.84. The Morgan fingerprint density at radius 1 is 1.11 bits per heavy atom. The molecule has 1 saturated heterocycles. The van der Waals surface area contributed by atoms with Crippen molar-refractivity contribution in [3.8, 4) is 5.75 Å². The minimum absolute atomic E-state index is 0.0781. The Morgan fingerprint density at radius 2 is 1.81 bits per heavy atom. The Morgan fingerprint density at radius 3 is 2.42 bits per heavy atom. The monoisotopic (exact) mass is 546 g/mol. The highest BCUT2D eigenvalue weighted by molar-refractivity contribution is 8.00. The number of hydrogen-bond acceptors (Lipinski definition) is 11. The number of nitrogens with one attached hydrogen (secondary N) is 1. The van der Waals surface area contributed by atoms with E-state index in [1.165, 1.54) is 6.07 Å². The van der Waals surface area contributed by atoms with Crippen molar-refractivity contribution in [2.24, 2.45) is 4.99 Å². The number of hydrogen-bond donors (Lipinski definition) is 5. The molecule has 0 unspecified atom stereocenters. The fraction of sp³-hybridized carbons (Fsp3) is 0.609. The first-order chi connectivity index (χ1) is 17.2. The molecule has 0 spiro atoms. The molecule has 2 rings (SSSR count). The van der Waals surface area contributed by atoms with Gasteiger partial charge in [-0.3, -0.25) is 9.79 Å². The standard InChI is InChI=1S/C23H34N2O9S2/c1-4-32-10-13-5-6-16(33-23-20(29)18(27)19(28)21(34-23)22(30)31)15(9-13)25-17(26)7-8-24-14(11-35-2)12-36-3/h5-6,9,18-21,23,27-29H,4,7-8,10-12H2,1-3H3,(H,25,26)(H,30,31)/t18-,19-,20+,21-,23+/m1/s1. The van der Waals surface area contributed by atoms with Gasteiger partial charge in [0.2, 0.25) is 12.2 Å². The molecule has 0 aromatic heterocycles. The van der Waals surface area contributed by atoms with Crippen LogP contribution in [-0.4, -0.2) is 106 Å². The van der Waals surface area contributed by atoms with Gasteiger partial charge in [0.25, 0.3) is 0 Å². The molecule has 1 aliphatic rings. The summed E-state index contributed by atoms with van der Waals surface area (Å²) in [5.74, 6) is -0.183. The molecule has 1 aromatic carbocycles. The van der Waals surface area contributed by atoms with E-state index in [9.17, 15) is 30.0 Å². The van der Waals surface area contributed by atoms with Gasteiger partial charge in [-0.05, 0) is 37.1 Å². The van der Waals surface area contributed by atoms with Crippen molar-refractivity contribution in [3.63, 3.8) is 0 Å². The van der Waals surface area contributed by atoms with Crippen molar-refractivity contribution >= 4 is 46.8 Å². The van der Waals surface area contributed by atoms with Crippen molar-refractivity contribution in [2.75, 3.05) is 42.5 Å². The van der Waals surface area contributed by atoms with Crippen LogP contribution in [0.3, 0.4) is 0 Å². The normalized spacial score (nSPS) is 23.7. The number of thioether (sulfide) groups is 2. The van der Waals surface area contributed by atoms with Gasteiger partial charge in [-0.25, -0.2) is 4.79 Å². The lowest BCUT2D eigenvalue weighted by Gasteiger charge is -2.38. The highest BCUT2D eigenvalue weighted by atomic mass is 32.2. The third-order valence-corrected chi connectivity index (χ3v) is 6.39. The second kappa shape index (κ2) is 15.4. The average molecular weight is 547 g/mol. The fourth-order valence-corrected chi connectivity index (χ4v) is 4.54. The van der Waals surface area contributed by atoms with Crippen LogP contribution in [0.1, 0.15) is 18.9 Å². The van der Waals surface area contributed by atoms with Crippen LogP contribution in [0.25, 0.3) is 0 Å². The Bertz CT molecular complexity index is 894. The van der Waals surface area contributed by atoms with Crippen molar-refractivity contribution in [3.05, 3.63) is 23.8 Å². The first-order valence-electron chi connectivity index (χ1n) is 11.3. The zero-order valence-electron chi connectivity index (χ0n) is 20.5. The molecule has 5 atom stereocenters. The van der Waals surface area contributed by atoms with Gasteiger partial charge in [-0.15, -0.1) is 0 Å². The molecule has 0 bridgehead atoms. The number of benzene rings is 1. The number of ether oxygens (including phenoxy) is 3. The van der Waals surface area contributed by atoms with E-state index in [1.807, 2.05) is 19.4 Å². The number of nitrogens with zero attached hydrogens (tertiary/aromatic N) is 1. The smallest absolute Gasteiger partial charge is 0.335 e. The van der Waals surface area contributed by atoms with Gasteiger partial charge in [0.1, 0.15) is 24.1 Å². The Labute approximate surface area is 218 Å². The van der Waals surface area contributed by atoms with Crippen LogP contribution in [-0.2, 0) is 25.7 Å². The number of aliphatic imine (C=N–C) groups is 1. The topological polar surface area (TPSA) is 167 Å². The fourth-order valence-electron chi connectivity index (χ4n) is 3.36. The van der Waals surface area contributed by atoms with Gasteiger partial charge in [0.15, 0.2) is 6.10 Å². The molecular weight excluding hydrogens is 512 g/mol. The van der Waals surface area contributed by atoms with Crippen LogP contribution >= 0.6 is 23.5 Å². The summed E-state index contributed by atoms with van der Waals surface area (Å²) in [5.41, 5.74) is 2.00. The maximum Gasteiger partial charge on any atom is 0.335 e. The largest absolute Gasteiger partial charge is 0.479 e. The van der Waals surface area contributed by atoms with Gasteiger partial charge in [0, 0.05) is 36.8 Å². The second-order valence-corrected chi connectivity index (χ2v) is 9.66. The quantitative estimate of drug-likeness (QED) is 0.211. The molecule has 1 aromatic rings. The number of carboxylic acid groups (broad SMARTS) is 1. The lowest BCUT2D eigenvalue weighted by Crippen LogP contribution is -2.61. The zero-order chi connectivity index (χ0) is 26.7. The van der Waals surface area contributed by atoms with E-state index in [4.69, 9.17) is 14.2 Å². The lowest BCUT2D eigenvalue weighted by atomic mass is 9.99. The highest BCUT2D eigenvalue weighted by Crippen LogP contribution is 2.31. The molecule has 202 valence electrons. The highest BCUT2D eigenvalue weighted by Gasteiger charge is 2.48. The summed E-state index contributed by atoms with van der Waals surface area (Å²) in [6, 6.07) is 4.83. The second-order valence-electron chi connectivity index (χ2n) is 7.93. The molecule has 5 N–H and O–H groups in total. The van der Waals surface area contributed by atoms with Crippen LogP contribution in [0.15, 0.2) is 23.2 Å². The summed E-state index contributed by atoms with van der Waals surface area (Å²) in [6.07, 6.45) is -4.70. The predicted octanol–water partition coefficient (Wildman–Crippen LogP) is 0.990. The summed E-state index contributed by atoms with van der Waals surface area (Å²) >= 11 is 3.33. The number of aliphatic hydroxyl groups is 3. The van der Waals surface area contributed by atoms with Gasteiger partial charge < -0.3 is 40.0 Å². The molecule has 1 aliphatic heterocycles. The van der Waals surface area contributed by atoms with Crippen molar-refractivity contribution in [1.29, 1.82) is 0 Å². The molecule has 1 amide bonds. The molecule has 1 fully saturated rings. The van der Waals surface area contributed by atoms with E-state index in [0.717, 1.165) is 22.8 Å². The molecule has 11 nitrogen and oxygen atoms in total. The minimum Gasteiger partial charge on any atom is -0.479 e. The van der Waals surface area contributed by atoms with Gasteiger partial charge in [-0.2, -0.15) is 23.5 Å². The van der Waals surface area contributed by atoms with Gasteiger partial charge in [0.05, 0.1) is 12.3 Å². The van der Waals surface area contributed by atoms with Crippen LogP contribution in [0.5, 0.6) is 5.75 Å². The molecule has 0 radical (unpaired) electrons. The Hall–Kier alpha value is -1.87. The third kappa shape index (κ3) is 8.91. The first-order valence-corrected chi connectivity index (χ1v) is 14.1. The number of aliphatic carboxylic acids is 1. The van der Waals surface area contributed by atoms with Crippen LogP contribution in [0.2, 0.25) is 0 Å². The van der Waals surface area contributed by atoms with Crippen molar-refractivity contribution in [2.45, 2.75) is 50.7 Å². The molecule has 13 heteroatoms. The lowest BCUT2D eigenvalue weighted by molar-refractivity contribution is -0.271. The van der Waals surface area contributed by atoms with E-state index in [-0.39, 0.29) is 30.4 Å². The number of carbonyl (C=O) groups is 2. The number of anilines is 1. The van der Waals surface area contributed by atoms with Gasteiger partial charge >= 0.3 is 5.97 Å². The summed E-state index contributed by atoms with van der Waals surface area (Å²) < 4.78 is 16.3. The van der Waals surface area contributed by atoms with Gasteiger partial charge in [-0.1, -0.05) is 6.07 Å². The molecule has 0 aliphatic carbocycles. The van der Waals surface area contributed by atoms with E-state index < -0.39 is 36.7 Å². The van der Waals surface area contributed by atoms with Crippen LogP contribution in [0, 0.1) is 0 Å². The summed E-state index contributed by atoms with van der Waals surface area (Å²) in [5, 5.41) is 42.3. The summed E-state index contributed by atoms with van der Waals surface area (Å²) in [7, 11) is 0. The average Bonchev–Trinajstić information content (AvgIpc) is 2.84. The Balaban J connectivity index is 2.19. The molecule has 1 heterocycles. The Kier molecular flexibility index (Phi) is 13.0. The summed E-state index contributed by atoms with van der Waals surface area (Å²) in [4.78, 5) is 28.6. The number of amides is 1. The van der Waals surface area contributed by atoms with Crippen molar-refractivity contribution < 1.29 is 44.2 Å². The molecule has 36 heavy (non-hydrogen) atoms. The molecule has 0 saturated carbocycles. The maximum atomic E-state index is 12.7. The number of aliphatic hydroxyl groups excluding tert-OH is 3. The SMILES string of the molecule is CCOCc1ccc(O[C@H]2O[C@@H](C(=O)O)[C@H](O)[C@@H](O)[C@@H]2O)c(NC(=O)CCN=C(CSC)CSC)c1. The first kappa shape index (κ1) is 30.4. The van der Waals surface area contributed by atoms with E-state index >= 15 is 0 Å². The predicted molar refractivity (Wildman–Crippen MR) is 139 cm³/mol. The van der Waals surface area contributed by atoms with Crippen molar-refractivity contribution in [1.82, 2.24) is 0 Å². The van der Waals surface area contributed by atoms with Crippen LogP contribution < -0.4 is 10.1 Å². The van der Waals surface area contributed by atoms with Crippen LogP contribution in [0.4, 0.5) is 5.69 Å². The number of rotatable bonds is 14. The third-order valence-electron chi connectivity index (χ3n) is 5.14.